The minimum Gasteiger partial charge on any atom is -0.119 e. The van der Waals surface area contributed by atoms with E-state index in [0.29, 0.717) is 0 Å². The fraction of sp³-hybridized carbons (Fsp3) is 0.231. The highest BCUT2D eigenvalue weighted by Gasteiger charge is 2.43. The molecule has 13 heavy (non-hydrogen) atoms. The average molecular weight is 166 g/mol. The highest BCUT2D eigenvalue weighted by atomic mass is 14.4. The van der Waals surface area contributed by atoms with Gasteiger partial charge in [0.25, 0.3) is 0 Å². The Morgan fingerprint density at radius 3 is 2.38 bits per heavy atom. The molecule has 0 radical (unpaired) electrons. The number of terminal acetylenes is 2. The zero-order valence-electron chi connectivity index (χ0n) is 7.38. The Morgan fingerprint density at radius 1 is 1.15 bits per heavy atom. The van der Waals surface area contributed by atoms with Gasteiger partial charge in [0.2, 0.25) is 0 Å². The third-order valence-corrected chi connectivity index (χ3v) is 2.62. The minimum atomic E-state index is -0.0387. The van der Waals surface area contributed by atoms with E-state index in [9.17, 15) is 0 Å². The molecular weight excluding hydrogens is 156 g/mol. The molecule has 0 heteroatoms. The van der Waals surface area contributed by atoms with Crippen LogP contribution in [0.4, 0.5) is 0 Å². The molecular formula is C13H10. The van der Waals surface area contributed by atoms with Gasteiger partial charge >= 0.3 is 0 Å². The van der Waals surface area contributed by atoms with Crippen molar-refractivity contribution < 1.29 is 0 Å². The summed E-state index contributed by atoms with van der Waals surface area (Å²) < 4.78 is 0. The quantitative estimate of drug-likeness (QED) is 0.562. The van der Waals surface area contributed by atoms with Gasteiger partial charge in [0, 0.05) is 5.56 Å². The smallest absolute Gasteiger partial charge is 0.0573 e. The number of benzene rings is 1. The summed E-state index contributed by atoms with van der Waals surface area (Å²) in [5, 5.41) is 0. The highest BCUT2D eigenvalue weighted by molar-refractivity contribution is 5.51. The molecule has 1 aliphatic carbocycles. The standard InChI is InChI=1S/C13H10/c1-3-11-7-5-6-8-12(11)13(4-2)9-10-13/h1-2,5-8H,9-10H2. The Bertz CT molecular complexity index is 408. The SMILES string of the molecule is C#Cc1ccccc1C1(C#C)CC1. The molecule has 0 aliphatic heterocycles. The van der Waals surface area contributed by atoms with Crippen molar-refractivity contribution in [2.45, 2.75) is 18.3 Å². The van der Waals surface area contributed by atoms with Crippen LogP contribution >= 0.6 is 0 Å². The molecule has 0 atom stereocenters. The summed E-state index contributed by atoms with van der Waals surface area (Å²) in [5.74, 6) is 5.53. The first kappa shape index (κ1) is 7.96. The average Bonchev–Trinajstić information content (AvgIpc) is 2.98. The maximum atomic E-state index is 5.51. The van der Waals surface area contributed by atoms with Crippen LogP contribution in [0.3, 0.4) is 0 Å². The van der Waals surface area contributed by atoms with Crippen LogP contribution in [0.2, 0.25) is 0 Å². The lowest BCUT2D eigenvalue weighted by atomic mass is 9.92. The van der Waals surface area contributed by atoms with Crippen molar-refractivity contribution in [2.24, 2.45) is 0 Å². The summed E-state index contributed by atoms with van der Waals surface area (Å²) in [6.45, 7) is 0. The minimum absolute atomic E-state index is 0.0387. The third kappa shape index (κ3) is 1.12. The molecule has 1 aromatic rings. The van der Waals surface area contributed by atoms with Crippen molar-refractivity contribution in [3.05, 3.63) is 35.4 Å². The molecule has 1 saturated carbocycles. The van der Waals surface area contributed by atoms with Crippen LogP contribution in [-0.2, 0) is 5.41 Å². The van der Waals surface area contributed by atoms with Crippen molar-refractivity contribution in [1.29, 1.82) is 0 Å². The fourth-order valence-electron chi connectivity index (χ4n) is 1.64. The third-order valence-electron chi connectivity index (χ3n) is 2.62. The van der Waals surface area contributed by atoms with Crippen LogP contribution in [-0.4, -0.2) is 0 Å². The summed E-state index contributed by atoms with van der Waals surface area (Å²) >= 11 is 0. The zero-order valence-corrected chi connectivity index (χ0v) is 7.38. The van der Waals surface area contributed by atoms with E-state index < -0.39 is 0 Å². The van der Waals surface area contributed by atoms with Crippen LogP contribution in [0.15, 0.2) is 24.3 Å². The lowest BCUT2D eigenvalue weighted by Crippen LogP contribution is -2.04. The molecule has 1 aliphatic rings. The van der Waals surface area contributed by atoms with Crippen molar-refractivity contribution in [3.8, 4) is 24.7 Å². The van der Waals surface area contributed by atoms with E-state index >= 15 is 0 Å². The van der Waals surface area contributed by atoms with Gasteiger partial charge in [-0.3, -0.25) is 0 Å². The van der Waals surface area contributed by atoms with E-state index in [1.807, 2.05) is 24.3 Å². The lowest BCUT2D eigenvalue weighted by Gasteiger charge is -2.09. The van der Waals surface area contributed by atoms with Crippen LogP contribution in [0.5, 0.6) is 0 Å². The van der Waals surface area contributed by atoms with Gasteiger partial charge in [-0.2, -0.15) is 0 Å². The fourth-order valence-corrected chi connectivity index (χ4v) is 1.64. The number of rotatable bonds is 1. The van der Waals surface area contributed by atoms with Gasteiger partial charge in [-0.15, -0.1) is 12.8 Å². The first-order valence-electron chi connectivity index (χ1n) is 4.36. The van der Waals surface area contributed by atoms with Crippen molar-refractivity contribution >= 4 is 0 Å². The predicted molar refractivity (Wildman–Crippen MR) is 54.1 cm³/mol. The number of hydrogen-bond acceptors (Lipinski definition) is 0. The van der Waals surface area contributed by atoms with Gasteiger partial charge in [-0.05, 0) is 24.5 Å². The zero-order chi connectivity index (χ0) is 9.31. The summed E-state index contributed by atoms with van der Waals surface area (Å²) in [4.78, 5) is 0. The molecule has 0 heterocycles. The molecule has 0 nitrogen and oxygen atoms in total. The maximum absolute atomic E-state index is 5.51. The Hall–Kier alpha value is -1.66. The highest BCUT2D eigenvalue weighted by Crippen LogP contribution is 2.48. The predicted octanol–water partition coefficient (Wildman–Crippen LogP) is 2.33. The first-order valence-corrected chi connectivity index (χ1v) is 4.36. The molecule has 0 N–H and O–H groups in total. The number of hydrogen-bond donors (Lipinski definition) is 0. The molecule has 0 aromatic heterocycles. The summed E-state index contributed by atoms with van der Waals surface area (Å²) in [6.07, 6.45) is 13.1. The van der Waals surface area contributed by atoms with Crippen molar-refractivity contribution in [3.63, 3.8) is 0 Å². The Labute approximate surface area is 79.0 Å². The second-order valence-corrected chi connectivity index (χ2v) is 3.42. The van der Waals surface area contributed by atoms with Gasteiger partial charge in [-0.25, -0.2) is 0 Å². The Balaban J connectivity index is 2.54. The van der Waals surface area contributed by atoms with Crippen LogP contribution in [0.1, 0.15) is 24.0 Å². The summed E-state index contributed by atoms with van der Waals surface area (Å²) in [7, 11) is 0. The lowest BCUT2D eigenvalue weighted by molar-refractivity contribution is 0.926. The Kier molecular flexibility index (Phi) is 1.64. The van der Waals surface area contributed by atoms with E-state index in [1.165, 1.54) is 0 Å². The van der Waals surface area contributed by atoms with Gasteiger partial charge < -0.3 is 0 Å². The molecule has 2 rings (SSSR count). The molecule has 62 valence electrons. The second-order valence-electron chi connectivity index (χ2n) is 3.42. The van der Waals surface area contributed by atoms with E-state index in [4.69, 9.17) is 12.8 Å². The van der Waals surface area contributed by atoms with Crippen LogP contribution in [0, 0.1) is 24.7 Å². The van der Waals surface area contributed by atoms with Crippen molar-refractivity contribution in [1.82, 2.24) is 0 Å². The molecule has 1 fully saturated rings. The normalized spacial score (nSPS) is 17.1. The second kappa shape index (κ2) is 2.68. The molecule has 0 unspecified atom stereocenters. The van der Waals surface area contributed by atoms with E-state index in [-0.39, 0.29) is 5.41 Å². The molecule has 0 bridgehead atoms. The van der Waals surface area contributed by atoms with E-state index in [1.54, 1.807) is 0 Å². The van der Waals surface area contributed by atoms with Crippen molar-refractivity contribution in [2.75, 3.05) is 0 Å². The van der Waals surface area contributed by atoms with Crippen LogP contribution in [0.25, 0.3) is 0 Å². The molecule has 0 amide bonds. The van der Waals surface area contributed by atoms with E-state index in [0.717, 1.165) is 24.0 Å². The van der Waals surface area contributed by atoms with Crippen LogP contribution < -0.4 is 0 Å². The van der Waals surface area contributed by atoms with Gasteiger partial charge in [0.05, 0.1) is 5.41 Å². The molecule has 0 spiro atoms. The molecule has 1 aromatic carbocycles. The van der Waals surface area contributed by atoms with Gasteiger partial charge in [0.1, 0.15) is 0 Å². The summed E-state index contributed by atoms with van der Waals surface area (Å²) in [5.41, 5.74) is 2.06. The van der Waals surface area contributed by atoms with Gasteiger partial charge in [-0.1, -0.05) is 30.0 Å². The molecule has 0 saturated heterocycles. The van der Waals surface area contributed by atoms with E-state index in [2.05, 4.69) is 11.8 Å². The monoisotopic (exact) mass is 166 g/mol. The first-order chi connectivity index (χ1) is 6.32. The maximum Gasteiger partial charge on any atom is 0.0573 e. The topological polar surface area (TPSA) is 0 Å². The van der Waals surface area contributed by atoms with Gasteiger partial charge in [0.15, 0.2) is 0 Å². The Morgan fingerprint density at radius 2 is 1.85 bits per heavy atom. The summed E-state index contributed by atoms with van der Waals surface area (Å²) in [6, 6.07) is 7.94. The largest absolute Gasteiger partial charge is 0.119 e.